The summed E-state index contributed by atoms with van der Waals surface area (Å²) in [7, 11) is 0. The Hall–Kier alpha value is -0.810. The van der Waals surface area contributed by atoms with Crippen molar-refractivity contribution in [2.75, 3.05) is 6.54 Å². The quantitative estimate of drug-likeness (QED) is 0.791. The Balaban J connectivity index is 3.08. The number of nitrogens with two attached hydrogens (primary N) is 1. The van der Waals surface area contributed by atoms with Crippen molar-refractivity contribution in [1.82, 2.24) is 0 Å². The van der Waals surface area contributed by atoms with Gasteiger partial charge in [-0.05, 0) is 17.7 Å². The van der Waals surface area contributed by atoms with Crippen molar-refractivity contribution in [3.8, 4) is 0 Å². The lowest BCUT2D eigenvalue weighted by Gasteiger charge is -2.18. The average molecular weight is 242 g/mol. The van der Waals surface area contributed by atoms with Crippen molar-refractivity contribution < 1.29 is 17.6 Å². The number of benzene rings is 1. The highest BCUT2D eigenvalue weighted by Crippen LogP contribution is 2.34. The highest BCUT2D eigenvalue weighted by molar-refractivity contribution is 6.30. The molecule has 0 fully saturated rings. The molecular formula is C9H8ClF4N. The Morgan fingerprint density at radius 3 is 2.33 bits per heavy atom. The van der Waals surface area contributed by atoms with Gasteiger partial charge in [-0.25, -0.2) is 4.39 Å². The Morgan fingerprint density at radius 1 is 1.33 bits per heavy atom. The van der Waals surface area contributed by atoms with Crippen LogP contribution in [0.4, 0.5) is 17.6 Å². The molecule has 0 saturated carbocycles. The van der Waals surface area contributed by atoms with Gasteiger partial charge in [-0.1, -0.05) is 17.7 Å². The number of rotatable bonds is 2. The summed E-state index contributed by atoms with van der Waals surface area (Å²) in [5.74, 6) is -2.74. The highest BCUT2D eigenvalue weighted by atomic mass is 35.5. The summed E-state index contributed by atoms with van der Waals surface area (Å²) < 4.78 is 50.1. The number of halogens is 5. The second-order valence-corrected chi connectivity index (χ2v) is 3.41. The molecule has 0 radical (unpaired) electrons. The maximum atomic E-state index is 12.9. The Kier molecular flexibility index (Phi) is 3.57. The summed E-state index contributed by atoms with van der Waals surface area (Å²) in [6.07, 6.45) is -4.48. The lowest BCUT2D eigenvalue weighted by atomic mass is 9.99. The Morgan fingerprint density at radius 2 is 1.93 bits per heavy atom. The van der Waals surface area contributed by atoms with E-state index in [-0.39, 0.29) is 10.6 Å². The summed E-state index contributed by atoms with van der Waals surface area (Å²) in [6.45, 7) is -0.620. The molecule has 1 aromatic carbocycles. The van der Waals surface area contributed by atoms with Crippen LogP contribution in [0.1, 0.15) is 11.5 Å². The van der Waals surface area contributed by atoms with Gasteiger partial charge in [0.2, 0.25) is 0 Å². The molecule has 0 aromatic heterocycles. The summed E-state index contributed by atoms with van der Waals surface area (Å²) in [5.41, 5.74) is 4.79. The third-order valence-corrected chi connectivity index (χ3v) is 2.28. The van der Waals surface area contributed by atoms with Crippen molar-refractivity contribution in [3.05, 3.63) is 34.6 Å². The van der Waals surface area contributed by atoms with Gasteiger partial charge in [0.05, 0.1) is 10.9 Å². The first-order valence-corrected chi connectivity index (χ1v) is 4.45. The van der Waals surface area contributed by atoms with Crippen molar-refractivity contribution >= 4 is 11.6 Å². The van der Waals surface area contributed by atoms with Gasteiger partial charge in [0.1, 0.15) is 5.82 Å². The molecule has 1 atom stereocenters. The van der Waals surface area contributed by atoms with Crippen LogP contribution in [0, 0.1) is 5.82 Å². The van der Waals surface area contributed by atoms with E-state index in [1.807, 2.05) is 0 Å². The van der Waals surface area contributed by atoms with Crippen molar-refractivity contribution in [1.29, 1.82) is 0 Å². The van der Waals surface area contributed by atoms with E-state index in [1.54, 1.807) is 0 Å². The van der Waals surface area contributed by atoms with Crippen LogP contribution in [0.3, 0.4) is 0 Å². The van der Waals surface area contributed by atoms with Gasteiger partial charge < -0.3 is 5.73 Å². The van der Waals surface area contributed by atoms with E-state index in [2.05, 4.69) is 0 Å². The molecule has 0 bridgehead atoms. The van der Waals surface area contributed by atoms with Crippen LogP contribution in [0.15, 0.2) is 18.2 Å². The normalized spacial score (nSPS) is 14.0. The minimum Gasteiger partial charge on any atom is -0.330 e. The molecule has 0 aliphatic rings. The number of hydrogen-bond donors (Lipinski definition) is 1. The number of alkyl halides is 3. The smallest absolute Gasteiger partial charge is 0.330 e. The second kappa shape index (κ2) is 4.37. The molecule has 84 valence electrons. The van der Waals surface area contributed by atoms with Crippen LogP contribution in [-0.2, 0) is 0 Å². The predicted molar refractivity (Wildman–Crippen MR) is 49.3 cm³/mol. The van der Waals surface area contributed by atoms with E-state index in [4.69, 9.17) is 17.3 Å². The van der Waals surface area contributed by atoms with Gasteiger partial charge in [0.15, 0.2) is 0 Å². The van der Waals surface area contributed by atoms with E-state index in [0.717, 1.165) is 18.2 Å². The van der Waals surface area contributed by atoms with Crippen molar-refractivity contribution in [3.63, 3.8) is 0 Å². The van der Waals surface area contributed by atoms with Crippen molar-refractivity contribution in [2.24, 2.45) is 5.73 Å². The van der Waals surface area contributed by atoms with Crippen molar-refractivity contribution in [2.45, 2.75) is 12.1 Å². The molecule has 0 saturated heterocycles. The molecule has 0 amide bonds. The first kappa shape index (κ1) is 12.3. The Labute approximate surface area is 88.8 Å². The molecule has 0 aliphatic carbocycles. The van der Waals surface area contributed by atoms with Gasteiger partial charge in [0, 0.05) is 6.54 Å². The largest absolute Gasteiger partial charge is 0.396 e. The van der Waals surface area contributed by atoms with Crippen LogP contribution >= 0.6 is 11.6 Å². The summed E-state index contributed by atoms with van der Waals surface area (Å²) in [5, 5.41) is -0.211. The van der Waals surface area contributed by atoms with E-state index >= 15 is 0 Å². The summed E-state index contributed by atoms with van der Waals surface area (Å²) in [4.78, 5) is 0. The zero-order chi connectivity index (χ0) is 11.6. The van der Waals surface area contributed by atoms with E-state index in [0.29, 0.717) is 0 Å². The molecule has 1 rings (SSSR count). The molecule has 0 heterocycles. The fourth-order valence-corrected chi connectivity index (χ4v) is 1.31. The lowest BCUT2D eigenvalue weighted by Crippen LogP contribution is -2.28. The van der Waals surface area contributed by atoms with E-state index < -0.39 is 24.5 Å². The standard InChI is InChI=1S/C9H8ClF4N/c10-7-2-1-5(3-8(7)11)6(4-15)9(12,13)14/h1-3,6H,4,15H2. The third kappa shape index (κ3) is 2.82. The topological polar surface area (TPSA) is 26.0 Å². The number of hydrogen-bond acceptors (Lipinski definition) is 1. The lowest BCUT2D eigenvalue weighted by molar-refractivity contribution is -0.148. The molecular weight excluding hydrogens is 234 g/mol. The van der Waals surface area contributed by atoms with Gasteiger partial charge in [0.25, 0.3) is 0 Å². The fourth-order valence-electron chi connectivity index (χ4n) is 1.19. The summed E-state index contributed by atoms with van der Waals surface area (Å²) in [6, 6.07) is 2.96. The molecule has 0 spiro atoms. The van der Waals surface area contributed by atoms with Crippen LogP contribution in [0.2, 0.25) is 5.02 Å². The zero-order valence-corrected chi connectivity index (χ0v) is 8.24. The van der Waals surface area contributed by atoms with Gasteiger partial charge in [-0.15, -0.1) is 0 Å². The van der Waals surface area contributed by atoms with Crippen LogP contribution in [0.5, 0.6) is 0 Å². The molecule has 0 aliphatic heterocycles. The molecule has 2 N–H and O–H groups in total. The molecule has 1 unspecified atom stereocenters. The average Bonchev–Trinajstić information content (AvgIpc) is 2.10. The van der Waals surface area contributed by atoms with E-state index in [9.17, 15) is 17.6 Å². The zero-order valence-electron chi connectivity index (χ0n) is 7.48. The molecule has 15 heavy (non-hydrogen) atoms. The highest BCUT2D eigenvalue weighted by Gasteiger charge is 2.39. The summed E-state index contributed by atoms with van der Waals surface area (Å²) >= 11 is 5.36. The predicted octanol–water partition coefficient (Wildman–Crippen LogP) is 3.08. The van der Waals surface area contributed by atoms with E-state index in [1.165, 1.54) is 0 Å². The third-order valence-electron chi connectivity index (χ3n) is 1.98. The monoisotopic (exact) mass is 241 g/mol. The van der Waals surface area contributed by atoms with Gasteiger partial charge in [-0.3, -0.25) is 0 Å². The van der Waals surface area contributed by atoms with Gasteiger partial charge in [-0.2, -0.15) is 13.2 Å². The maximum absolute atomic E-state index is 12.9. The first-order chi connectivity index (χ1) is 6.86. The first-order valence-electron chi connectivity index (χ1n) is 4.08. The maximum Gasteiger partial charge on any atom is 0.396 e. The fraction of sp³-hybridized carbons (Fsp3) is 0.333. The van der Waals surface area contributed by atoms with Crippen LogP contribution < -0.4 is 5.73 Å². The Bertz CT molecular complexity index is 350. The van der Waals surface area contributed by atoms with Crippen LogP contribution in [-0.4, -0.2) is 12.7 Å². The second-order valence-electron chi connectivity index (χ2n) is 3.00. The van der Waals surface area contributed by atoms with Crippen LogP contribution in [0.25, 0.3) is 0 Å². The molecule has 6 heteroatoms. The molecule has 1 aromatic rings. The molecule has 1 nitrogen and oxygen atoms in total. The van der Waals surface area contributed by atoms with Gasteiger partial charge >= 0.3 is 6.18 Å². The minimum absolute atomic E-state index is 0.211. The minimum atomic E-state index is -4.48. The SMILES string of the molecule is NCC(c1ccc(Cl)c(F)c1)C(F)(F)F.